The molecule has 0 heterocycles. The summed E-state index contributed by atoms with van der Waals surface area (Å²) in [5, 5.41) is 0. The number of halogens is 1. The number of hydrogen-bond donors (Lipinski definition) is 0. The maximum absolute atomic E-state index is 14.0. The minimum Gasteiger partial charge on any atom is -0.285 e. The van der Waals surface area contributed by atoms with Crippen molar-refractivity contribution < 1.29 is 4.39 Å². The van der Waals surface area contributed by atoms with Gasteiger partial charge in [-0.1, -0.05) is 30.2 Å². The number of terminal acetylenes is 1. The van der Waals surface area contributed by atoms with E-state index in [1.807, 2.05) is 30.1 Å². The minimum absolute atomic E-state index is 0.180. The predicted octanol–water partition coefficient (Wildman–Crippen LogP) is 2.58. The van der Waals surface area contributed by atoms with Crippen LogP contribution in [-0.2, 0) is 6.42 Å². The van der Waals surface area contributed by atoms with E-state index in [1.165, 1.54) is 5.56 Å². The van der Waals surface area contributed by atoms with Gasteiger partial charge in [0.05, 0.1) is 12.6 Å². The molecule has 0 saturated carbocycles. The highest BCUT2D eigenvalue weighted by Crippen LogP contribution is 2.35. The quantitative estimate of drug-likeness (QED) is 0.687. The maximum Gasteiger partial charge on any atom is 0.120 e. The molecule has 0 amide bonds. The van der Waals surface area contributed by atoms with Gasteiger partial charge in [-0.15, -0.1) is 6.42 Å². The largest absolute Gasteiger partial charge is 0.285 e. The molecule has 1 aliphatic carbocycles. The van der Waals surface area contributed by atoms with Crippen LogP contribution < -0.4 is 0 Å². The fourth-order valence-corrected chi connectivity index (χ4v) is 2.45. The van der Waals surface area contributed by atoms with E-state index in [-0.39, 0.29) is 6.04 Å². The molecule has 1 aromatic rings. The summed E-state index contributed by atoms with van der Waals surface area (Å²) in [5.41, 5.74) is 2.35. The normalized spacial score (nSPS) is 23.9. The van der Waals surface area contributed by atoms with Crippen LogP contribution in [0.25, 0.3) is 0 Å². The van der Waals surface area contributed by atoms with Crippen molar-refractivity contribution in [3.63, 3.8) is 0 Å². The van der Waals surface area contributed by atoms with E-state index >= 15 is 0 Å². The Morgan fingerprint density at radius 1 is 1.50 bits per heavy atom. The zero-order valence-corrected chi connectivity index (χ0v) is 9.49. The number of fused-ring (bicyclic) bond motifs is 1. The smallest absolute Gasteiger partial charge is 0.120 e. The van der Waals surface area contributed by atoms with Gasteiger partial charge in [-0.25, -0.2) is 4.39 Å². The zero-order chi connectivity index (χ0) is 11.5. The third-order valence-electron chi connectivity index (χ3n) is 3.22. The van der Waals surface area contributed by atoms with Gasteiger partial charge in [0.1, 0.15) is 6.17 Å². The van der Waals surface area contributed by atoms with Gasteiger partial charge in [0, 0.05) is 0 Å². The van der Waals surface area contributed by atoms with E-state index in [9.17, 15) is 4.39 Å². The molecular formula is C14H16FN. The molecule has 1 aromatic carbocycles. The standard InChI is InChI=1S/C14H16FN/c1-3-10-16(2)14-12-7-5-4-6-11(12)8-9-13(14)15/h1,4-7,13-14H,8-10H2,2H3/i15-1. The van der Waals surface area contributed by atoms with Gasteiger partial charge in [-0.2, -0.15) is 0 Å². The summed E-state index contributed by atoms with van der Waals surface area (Å²) in [6, 6.07) is 7.89. The lowest BCUT2D eigenvalue weighted by molar-refractivity contribution is 0.131. The Kier molecular flexibility index (Phi) is 3.26. The average Bonchev–Trinajstić information content (AvgIpc) is 2.29. The second-order valence-electron chi connectivity index (χ2n) is 4.32. The molecule has 2 unspecified atom stereocenters. The van der Waals surface area contributed by atoms with Crippen molar-refractivity contribution >= 4 is 0 Å². The van der Waals surface area contributed by atoms with E-state index in [0.717, 1.165) is 12.0 Å². The second-order valence-corrected chi connectivity index (χ2v) is 4.32. The summed E-state index contributed by atoms with van der Waals surface area (Å²) >= 11 is 0. The van der Waals surface area contributed by atoms with Crippen LogP contribution in [0.5, 0.6) is 0 Å². The average molecular weight is 216 g/mol. The molecule has 2 atom stereocenters. The van der Waals surface area contributed by atoms with Crippen LogP contribution in [-0.4, -0.2) is 24.7 Å². The molecule has 0 saturated heterocycles. The van der Waals surface area contributed by atoms with Gasteiger partial charge < -0.3 is 0 Å². The third kappa shape index (κ3) is 1.96. The van der Waals surface area contributed by atoms with Gasteiger partial charge in [0.25, 0.3) is 0 Å². The van der Waals surface area contributed by atoms with Crippen molar-refractivity contribution in [3.05, 3.63) is 35.4 Å². The first-order chi connectivity index (χ1) is 7.74. The number of nitrogens with zero attached hydrogens (tertiary/aromatic N) is 1. The van der Waals surface area contributed by atoms with Crippen LogP contribution in [0.15, 0.2) is 24.3 Å². The Morgan fingerprint density at radius 2 is 2.25 bits per heavy atom. The molecule has 2 rings (SSSR count). The monoisotopic (exact) mass is 216 g/mol. The van der Waals surface area contributed by atoms with Crippen LogP contribution in [0.4, 0.5) is 4.39 Å². The van der Waals surface area contributed by atoms with Crippen molar-refractivity contribution in [3.8, 4) is 12.3 Å². The molecule has 1 aliphatic rings. The van der Waals surface area contributed by atoms with Crippen molar-refractivity contribution in [2.75, 3.05) is 13.6 Å². The number of hydrogen-bond acceptors (Lipinski definition) is 1. The topological polar surface area (TPSA) is 3.24 Å². The molecule has 0 bridgehead atoms. The summed E-state index contributed by atoms with van der Waals surface area (Å²) in [7, 11) is 1.89. The first kappa shape index (κ1) is 11.2. The van der Waals surface area contributed by atoms with Crippen LogP contribution in [0, 0.1) is 12.3 Å². The van der Waals surface area contributed by atoms with Crippen LogP contribution >= 0.6 is 0 Å². The number of rotatable bonds is 2. The first-order valence-electron chi connectivity index (χ1n) is 5.59. The van der Waals surface area contributed by atoms with Gasteiger partial charge in [0.15, 0.2) is 0 Å². The fraction of sp³-hybridized carbons (Fsp3) is 0.429. The molecule has 0 aromatic heterocycles. The lowest BCUT2D eigenvalue weighted by atomic mass is 9.85. The molecule has 16 heavy (non-hydrogen) atoms. The van der Waals surface area contributed by atoms with Crippen LogP contribution in [0.2, 0.25) is 0 Å². The third-order valence-corrected chi connectivity index (χ3v) is 3.22. The highest BCUT2D eigenvalue weighted by atomic mass is 18.2. The minimum atomic E-state index is -0.812. The Labute approximate surface area is 96.3 Å². The van der Waals surface area contributed by atoms with Gasteiger partial charge in [-0.3, -0.25) is 4.90 Å². The SMILES string of the molecule is C#CCN(C)C1c2ccccc2CCC1[18F]. The summed E-state index contributed by atoms with van der Waals surface area (Å²) < 4.78 is 14.0. The van der Waals surface area contributed by atoms with E-state index in [2.05, 4.69) is 12.0 Å². The number of aryl methyl sites for hydroxylation is 1. The lowest BCUT2D eigenvalue weighted by Gasteiger charge is -2.34. The van der Waals surface area contributed by atoms with Crippen LogP contribution in [0.3, 0.4) is 0 Å². The molecule has 84 valence electrons. The fourth-order valence-electron chi connectivity index (χ4n) is 2.45. The van der Waals surface area contributed by atoms with E-state index in [0.29, 0.717) is 13.0 Å². The van der Waals surface area contributed by atoms with Crippen molar-refractivity contribution in [1.29, 1.82) is 0 Å². The summed E-state index contributed by atoms with van der Waals surface area (Å²) in [4.78, 5) is 1.92. The van der Waals surface area contributed by atoms with Gasteiger partial charge in [0.2, 0.25) is 0 Å². The Hall–Kier alpha value is -1.33. The van der Waals surface area contributed by atoms with Gasteiger partial charge in [-0.05, 0) is 31.0 Å². The van der Waals surface area contributed by atoms with E-state index in [1.54, 1.807) is 0 Å². The molecule has 0 fully saturated rings. The van der Waals surface area contributed by atoms with E-state index in [4.69, 9.17) is 6.42 Å². The zero-order valence-electron chi connectivity index (χ0n) is 9.49. The predicted molar refractivity (Wildman–Crippen MR) is 63.9 cm³/mol. The Bertz CT molecular complexity index is 407. The molecule has 2 heteroatoms. The van der Waals surface area contributed by atoms with Crippen molar-refractivity contribution in [2.24, 2.45) is 0 Å². The number of alkyl halides is 1. The molecule has 0 spiro atoms. The van der Waals surface area contributed by atoms with Crippen LogP contribution in [0.1, 0.15) is 23.6 Å². The molecule has 0 radical (unpaired) electrons. The first-order valence-corrected chi connectivity index (χ1v) is 5.59. The summed E-state index contributed by atoms with van der Waals surface area (Å²) in [5.74, 6) is 2.58. The van der Waals surface area contributed by atoms with E-state index < -0.39 is 6.17 Å². The molecule has 0 N–H and O–H groups in total. The second kappa shape index (κ2) is 4.67. The van der Waals surface area contributed by atoms with Crippen molar-refractivity contribution in [1.82, 2.24) is 4.90 Å². The highest BCUT2D eigenvalue weighted by molar-refractivity contribution is 5.33. The molecule has 1 nitrogen and oxygen atoms in total. The Morgan fingerprint density at radius 3 is 3.00 bits per heavy atom. The van der Waals surface area contributed by atoms with Crippen molar-refractivity contribution in [2.45, 2.75) is 25.1 Å². The summed E-state index contributed by atoms with van der Waals surface area (Å²) in [6.45, 7) is 0.486. The van der Waals surface area contributed by atoms with Gasteiger partial charge >= 0.3 is 0 Å². The summed E-state index contributed by atoms with van der Waals surface area (Å²) in [6.07, 6.45) is 5.90. The Balaban J connectivity index is 2.33. The molecule has 0 aliphatic heterocycles. The molecular weight excluding hydrogens is 200 g/mol. The maximum atomic E-state index is 14.0. The highest BCUT2D eigenvalue weighted by Gasteiger charge is 2.31. The number of benzene rings is 1. The lowest BCUT2D eigenvalue weighted by Crippen LogP contribution is -2.35.